The normalized spacial score (nSPS) is 12.2. The summed E-state index contributed by atoms with van der Waals surface area (Å²) in [4.78, 5) is 14.2. The lowest BCUT2D eigenvalue weighted by molar-refractivity contribution is -0.129. The fourth-order valence-corrected chi connectivity index (χ4v) is 2.92. The average Bonchev–Trinajstić information content (AvgIpc) is 2.79. The molecule has 1 aromatic carbocycles. The van der Waals surface area contributed by atoms with Crippen LogP contribution in [-0.4, -0.2) is 37.9 Å². The minimum atomic E-state index is -0.194. The number of amides is 1. The second kappa shape index (κ2) is 6.76. The molecule has 5 nitrogen and oxygen atoms in total. The summed E-state index contributed by atoms with van der Waals surface area (Å²) in [6.45, 7) is 4.41. The maximum Gasteiger partial charge on any atom is 0.235 e. The molecule has 0 spiro atoms. The van der Waals surface area contributed by atoms with E-state index in [2.05, 4.69) is 10.2 Å². The number of carbonyl (C=O) groups is 1. The van der Waals surface area contributed by atoms with Gasteiger partial charge in [-0.2, -0.15) is 0 Å². The Morgan fingerprint density at radius 2 is 2.00 bits per heavy atom. The van der Waals surface area contributed by atoms with Gasteiger partial charge in [0.05, 0.1) is 5.25 Å². The molecule has 0 saturated heterocycles. The van der Waals surface area contributed by atoms with E-state index in [4.69, 9.17) is 0 Å². The molecule has 0 aliphatic heterocycles. The molecule has 112 valence electrons. The molecule has 1 heterocycles. The molecule has 0 saturated carbocycles. The Kier molecular flexibility index (Phi) is 5.01. The zero-order valence-corrected chi connectivity index (χ0v) is 13.6. The third-order valence-corrected chi connectivity index (χ3v) is 4.44. The molecule has 0 N–H and O–H groups in total. The molecule has 1 amide bonds. The van der Waals surface area contributed by atoms with Crippen molar-refractivity contribution in [3.63, 3.8) is 0 Å². The zero-order chi connectivity index (χ0) is 15.4. The first kappa shape index (κ1) is 15.6. The van der Waals surface area contributed by atoms with Crippen LogP contribution in [0.5, 0.6) is 0 Å². The number of aromatic nitrogens is 3. The van der Waals surface area contributed by atoms with Crippen molar-refractivity contribution in [3.05, 3.63) is 41.7 Å². The van der Waals surface area contributed by atoms with Gasteiger partial charge in [-0.05, 0) is 19.4 Å². The van der Waals surface area contributed by atoms with Crippen molar-refractivity contribution in [1.82, 2.24) is 19.7 Å². The molecule has 6 heteroatoms. The molecule has 1 atom stereocenters. The predicted octanol–water partition coefficient (Wildman–Crippen LogP) is 2.26. The molecule has 0 unspecified atom stereocenters. The first-order valence-electron chi connectivity index (χ1n) is 6.80. The van der Waals surface area contributed by atoms with Crippen molar-refractivity contribution in [3.8, 4) is 0 Å². The van der Waals surface area contributed by atoms with Crippen molar-refractivity contribution in [2.75, 3.05) is 7.05 Å². The highest BCUT2D eigenvalue weighted by Crippen LogP contribution is 2.22. The van der Waals surface area contributed by atoms with Crippen LogP contribution < -0.4 is 0 Å². The number of thioether (sulfide) groups is 1. The van der Waals surface area contributed by atoms with Crippen molar-refractivity contribution in [2.45, 2.75) is 30.8 Å². The van der Waals surface area contributed by atoms with E-state index < -0.39 is 0 Å². The summed E-state index contributed by atoms with van der Waals surface area (Å²) >= 11 is 1.44. The molecular weight excluding hydrogens is 284 g/mol. The summed E-state index contributed by atoms with van der Waals surface area (Å²) in [6.07, 6.45) is 0. The van der Waals surface area contributed by atoms with Crippen LogP contribution in [0.3, 0.4) is 0 Å². The van der Waals surface area contributed by atoms with Gasteiger partial charge in [0.1, 0.15) is 5.82 Å². The van der Waals surface area contributed by atoms with E-state index in [1.807, 2.05) is 62.8 Å². The average molecular weight is 304 g/mol. The highest BCUT2D eigenvalue weighted by atomic mass is 32.2. The summed E-state index contributed by atoms with van der Waals surface area (Å²) in [7, 11) is 3.73. The van der Waals surface area contributed by atoms with E-state index in [9.17, 15) is 4.79 Å². The first-order chi connectivity index (χ1) is 9.99. The lowest BCUT2D eigenvalue weighted by Crippen LogP contribution is -2.32. The Morgan fingerprint density at radius 3 is 2.57 bits per heavy atom. The SMILES string of the molecule is Cc1nnc(S[C@H](C)C(=O)N(C)Cc2ccccc2)n1C. The van der Waals surface area contributed by atoms with Crippen molar-refractivity contribution < 1.29 is 4.79 Å². The van der Waals surface area contributed by atoms with Gasteiger partial charge in [-0.15, -0.1) is 10.2 Å². The lowest BCUT2D eigenvalue weighted by Gasteiger charge is -2.21. The number of aryl methyl sites for hydroxylation is 1. The fraction of sp³-hybridized carbons (Fsp3) is 0.400. The van der Waals surface area contributed by atoms with Gasteiger partial charge < -0.3 is 9.47 Å². The minimum Gasteiger partial charge on any atom is -0.340 e. The third kappa shape index (κ3) is 3.85. The summed E-state index contributed by atoms with van der Waals surface area (Å²) in [6, 6.07) is 9.98. The van der Waals surface area contributed by atoms with E-state index in [1.165, 1.54) is 11.8 Å². The van der Waals surface area contributed by atoms with E-state index in [1.54, 1.807) is 4.90 Å². The topological polar surface area (TPSA) is 51.0 Å². The van der Waals surface area contributed by atoms with Crippen LogP contribution in [0.2, 0.25) is 0 Å². The van der Waals surface area contributed by atoms with Crippen molar-refractivity contribution in [2.24, 2.45) is 7.05 Å². The largest absolute Gasteiger partial charge is 0.340 e. The van der Waals surface area contributed by atoms with Crippen LogP contribution in [0.25, 0.3) is 0 Å². The monoisotopic (exact) mass is 304 g/mol. The summed E-state index contributed by atoms with van der Waals surface area (Å²) in [5.41, 5.74) is 1.13. The smallest absolute Gasteiger partial charge is 0.235 e. The Bertz CT molecular complexity index is 611. The van der Waals surface area contributed by atoms with E-state index >= 15 is 0 Å². The first-order valence-corrected chi connectivity index (χ1v) is 7.68. The van der Waals surface area contributed by atoms with Gasteiger partial charge in [-0.25, -0.2) is 0 Å². The predicted molar refractivity (Wildman–Crippen MR) is 84.0 cm³/mol. The molecule has 0 aliphatic carbocycles. The molecule has 0 fully saturated rings. The minimum absolute atomic E-state index is 0.0875. The number of nitrogens with zero attached hydrogens (tertiary/aromatic N) is 4. The highest BCUT2D eigenvalue weighted by Gasteiger charge is 2.21. The molecule has 1 aromatic heterocycles. The van der Waals surface area contributed by atoms with Crippen molar-refractivity contribution >= 4 is 17.7 Å². The van der Waals surface area contributed by atoms with Crippen LogP contribution in [0.1, 0.15) is 18.3 Å². The maximum absolute atomic E-state index is 12.4. The molecule has 0 bridgehead atoms. The van der Waals surface area contributed by atoms with Crippen molar-refractivity contribution in [1.29, 1.82) is 0 Å². The Labute approximate surface area is 129 Å². The number of hydrogen-bond acceptors (Lipinski definition) is 4. The zero-order valence-electron chi connectivity index (χ0n) is 12.8. The molecule has 0 aliphatic rings. The van der Waals surface area contributed by atoms with Gasteiger partial charge in [0.25, 0.3) is 0 Å². The molecule has 21 heavy (non-hydrogen) atoms. The Morgan fingerprint density at radius 1 is 1.33 bits per heavy atom. The van der Waals surface area contributed by atoms with Crippen LogP contribution in [0.4, 0.5) is 0 Å². The van der Waals surface area contributed by atoms with E-state index in [0.717, 1.165) is 16.5 Å². The second-order valence-electron chi connectivity index (χ2n) is 5.03. The van der Waals surface area contributed by atoms with Gasteiger partial charge in [0.15, 0.2) is 5.16 Å². The molecule has 2 aromatic rings. The van der Waals surface area contributed by atoms with Crippen LogP contribution in [0, 0.1) is 6.92 Å². The highest BCUT2D eigenvalue weighted by molar-refractivity contribution is 8.00. The molecule has 2 rings (SSSR count). The summed E-state index contributed by atoms with van der Waals surface area (Å²) in [5.74, 6) is 0.930. The lowest BCUT2D eigenvalue weighted by atomic mass is 10.2. The van der Waals surface area contributed by atoms with E-state index in [-0.39, 0.29) is 11.2 Å². The van der Waals surface area contributed by atoms with Crippen LogP contribution >= 0.6 is 11.8 Å². The van der Waals surface area contributed by atoms with Crippen LogP contribution in [-0.2, 0) is 18.4 Å². The standard InChI is InChI=1S/C15H20N4OS/c1-11(21-15-17-16-12(2)19(15)4)14(20)18(3)10-13-8-6-5-7-9-13/h5-9,11H,10H2,1-4H3/t11-/m1/s1. The Balaban J connectivity index is 1.97. The second-order valence-corrected chi connectivity index (χ2v) is 6.34. The van der Waals surface area contributed by atoms with Crippen LogP contribution in [0.15, 0.2) is 35.5 Å². The summed E-state index contributed by atoms with van der Waals surface area (Å²) < 4.78 is 1.89. The number of carbonyl (C=O) groups excluding carboxylic acids is 1. The van der Waals surface area contributed by atoms with Gasteiger partial charge in [-0.1, -0.05) is 42.1 Å². The van der Waals surface area contributed by atoms with Gasteiger partial charge in [-0.3, -0.25) is 4.79 Å². The van der Waals surface area contributed by atoms with Gasteiger partial charge in [0, 0.05) is 20.6 Å². The maximum atomic E-state index is 12.4. The summed E-state index contributed by atoms with van der Waals surface area (Å²) in [5, 5.41) is 8.67. The van der Waals surface area contributed by atoms with E-state index in [0.29, 0.717) is 6.54 Å². The quantitative estimate of drug-likeness (QED) is 0.795. The van der Waals surface area contributed by atoms with Gasteiger partial charge >= 0.3 is 0 Å². The molecule has 0 radical (unpaired) electrons. The third-order valence-electron chi connectivity index (χ3n) is 3.32. The molecular formula is C15H20N4OS. The number of hydrogen-bond donors (Lipinski definition) is 0. The number of rotatable bonds is 5. The fourth-order valence-electron chi connectivity index (χ4n) is 1.94. The number of benzene rings is 1. The Hall–Kier alpha value is -1.82. The van der Waals surface area contributed by atoms with Gasteiger partial charge in [0.2, 0.25) is 5.91 Å².